The van der Waals surface area contributed by atoms with Crippen molar-refractivity contribution >= 4 is 0 Å². The highest BCUT2D eigenvalue weighted by atomic mass is 16.7. The Bertz CT molecular complexity index is 401. The lowest BCUT2D eigenvalue weighted by molar-refractivity contribution is -0.0905. The third-order valence-corrected chi connectivity index (χ3v) is 2.98. The van der Waals surface area contributed by atoms with Gasteiger partial charge in [-0.2, -0.15) is 0 Å². The fourth-order valence-electron chi connectivity index (χ4n) is 2.26. The van der Waals surface area contributed by atoms with Crippen molar-refractivity contribution in [2.75, 3.05) is 13.2 Å². The second kappa shape index (κ2) is 3.15. The van der Waals surface area contributed by atoms with Crippen LogP contribution in [0.3, 0.4) is 0 Å². The predicted molar refractivity (Wildman–Crippen MR) is 50.6 cm³/mol. The van der Waals surface area contributed by atoms with E-state index in [0.29, 0.717) is 13.0 Å². The molecule has 1 aromatic rings. The van der Waals surface area contributed by atoms with E-state index in [1.54, 1.807) is 0 Å². The Morgan fingerprint density at radius 1 is 1.33 bits per heavy atom. The van der Waals surface area contributed by atoms with Gasteiger partial charge in [0.1, 0.15) is 0 Å². The van der Waals surface area contributed by atoms with E-state index in [-0.39, 0.29) is 18.4 Å². The summed E-state index contributed by atoms with van der Waals surface area (Å²) < 4.78 is 20.3. The SMILES string of the molecule is [2H][C@@]12CCO[C@H]1OC[C@H]2n1c(O)ccc1O. The highest BCUT2D eigenvalue weighted by Crippen LogP contribution is 2.42. The van der Waals surface area contributed by atoms with Crippen LogP contribution < -0.4 is 0 Å². The van der Waals surface area contributed by atoms with Crippen molar-refractivity contribution in [3.05, 3.63) is 12.1 Å². The van der Waals surface area contributed by atoms with Crippen LogP contribution >= 0.6 is 0 Å². The standard InChI is InChI=1S/C10H13NO4/c12-8-1-2-9(13)11(8)7-5-15-10-6(7)3-4-14-10/h1-2,6-7,10,12-13H,3-5H2/t6-,7+,10-/m0/s1/i6D. The van der Waals surface area contributed by atoms with Gasteiger partial charge in [-0.3, -0.25) is 4.57 Å². The van der Waals surface area contributed by atoms with E-state index in [1.807, 2.05) is 0 Å². The van der Waals surface area contributed by atoms with E-state index >= 15 is 0 Å². The van der Waals surface area contributed by atoms with Crippen molar-refractivity contribution < 1.29 is 21.1 Å². The van der Waals surface area contributed by atoms with Crippen molar-refractivity contribution in [2.45, 2.75) is 18.8 Å². The van der Waals surface area contributed by atoms with Gasteiger partial charge in [-0.1, -0.05) is 0 Å². The van der Waals surface area contributed by atoms with Crippen LogP contribution in [0.2, 0.25) is 0 Å². The molecule has 3 rings (SSSR count). The van der Waals surface area contributed by atoms with Crippen LogP contribution in [0.1, 0.15) is 13.8 Å². The molecule has 2 aliphatic heterocycles. The first-order valence-corrected chi connectivity index (χ1v) is 4.95. The summed E-state index contributed by atoms with van der Waals surface area (Å²) in [6.07, 6.45) is -0.0157. The molecule has 0 spiro atoms. The number of aromatic nitrogens is 1. The van der Waals surface area contributed by atoms with Gasteiger partial charge in [0.2, 0.25) is 0 Å². The largest absolute Gasteiger partial charge is 0.494 e. The van der Waals surface area contributed by atoms with Gasteiger partial charge in [0.25, 0.3) is 0 Å². The van der Waals surface area contributed by atoms with E-state index in [2.05, 4.69) is 0 Å². The van der Waals surface area contributed by atoms with Gasteiger partial charge in [0, 0.05) is 19.4 Å². The molecule has 15 heavy (non-hydrogen) atoms. The van der Waals surface area contributed by atoms with Crippen LogP contribution in [0.4, 0.5) is 0 Å². The third kappa shape index (κ3) is 1.23. The smallest absolute Gasteiger partial charge is 0.194 e. The first-order valence-electron chi connectivity index (χ1n) is 5.45. The average molecular weight is 212 g/mol. The minimum absolute atomic E-state index is 0.0507. The zero-order chi connectivity index (χ0) is 11.3. The molecule has 0 amide bonds. The van der Waals surface area contributed by atoms with Crippen molar-refractivity contribution in [1.29, 1.82) is 0 Å². The summed E-state index contributed by atoms with van der Waals surface area (Å²) in [5.74, 6) is -1.02. The molecule has 5 nitrogen and oxygen atoms in total. The summed E-state index contributed by atoms with van der Waals surface area (Å²) in [6, 6.07) is 2.40. The number of aromatic hydroxyl groups is 2. The van der Waals surface area contributed by atoms with Gasteiger partial charge in [-0.05, 0) is 6.42 Å². The quantitative estimate of drug-likeness (QED) is 0.723. The molecule has 2 saturated heterocycles. The van der Waals surface area contributed by atoms with Crippen LogP contribution in [0.15, 0.2) is 12.1 Å². The number of rotatable bonds is 1. The molecule has 0 aliphatic carbocycles. The average Bonchev–Trinajstić information content (AvgIpc) is 2.83. The molecule has 0 radical (unpaired) electrons. The first-order chi connectivity index (χ1) is 7.63. The topological polar surface area (TPSA) is 63.9 Å². The van der Waals surface area contributed by atoms with Crippen LogP contribution in [0, 0.1) is 5.89 Å². The minimum atomic E-state index is -0.923. The van der Waals surface area contributed by atoms with Crippen molar-refractivity contribution in [2.24, 2.45) is 5.89 Å². The summed E-state index contributed by atoms with van der Waals surface area (Å²) >= 11 is 0. The Kier molecular flexibility index (Phi) is 1.68. The lowest BCUT2D eigenvalue weighted by Crippen LogP contribution is -2.18. The molecule has 0 saturated carbocycles. The molecule has 0 bridgehead atoms. The third-order valence-electron chi connectivity index (χ3n) is 2.98. The maximum absolute atomic E-state index is 9.65. The van der Waals surface area contributed by atoms with E-state index < -0.39 is 18.2 Å². The van der Waals surface area contributed by atoms with Crippen LogP contribution in [-0.2, 0) is 9.47 Å². The zero-order valence-corrected chi connectivity index (χ0v) is 8.09. The van der Waals surface area contributed by atoms with Crippen molar-refractivity contribution in [1.82, 2.24) is 4.57 Å². The molecule has 0 unspecified atom stereocenters. The van der Waals surface area contributed by atoms with Crippen LogP contribution in [-0.4, -0.2) is 34.3 Å². The lowest BCUT2D eigenvalue weighted by Gasteiger charge is -2.18. The Hall–Kier alpha value is -1.20. The molecule has 2 aliphatic rings. The number of nitrogens with zero attached hydrogens (tertiary/aromatic N) is 1. The lowest BCUT2D eigenvalue weighted by atomic mass is 10.0. The van der Waals surface area contributed by atoms with Crippen molar-refractivity contribution in [3.63, 3.8) is 0 Å². The normalized spacial score (nSPS) is 40.4. The molecular formula is C10H13NO4. The summed E-state index contributed by atoms with van der Waals surface area (Å²) in [5, 5.41) is 19.3. The Labute approximate surface area is 88.2 Å². The number of ether oxygens (including phenoxy) is 2. The Balaban J connectivity index is 2.02. The maximum Gasteiger partial charge on any atom is 0.194 e. The molecule has 0 aromatic carbocycles. The molecule has 2 N–H and O–H groups in total. The highest BCUT2D eigenvalue weighted by Gasteiger charge is 2.43. The summed E-state index contributed by atoms with van der Waals surface area (Å²) in [6.45, 7) is 0.747. The summed E-state index contributed by atoms with van der Waals surface area (Å²) in [5.41, 5.74) is 0. The fourth-order valence-corrected chi connectivity index (χ4v) is 2.26. The van der Waals surface area contributed by atoms with Gasteiger partial charge >= 0.3 is 0 Å². The zero-order valence-electron chi connectivity index (χ0n) is 9.09. The summed E-state index contributed by atoms with van der Waals surface area (Å²) in [7, 11) is 0. The fraction of sp³-hybridized carbons (Fsp3) is 0.600. The van der Waals surface area contributed by atoms with E-state index in [1.165, 1.54) is 16.7 Å². The molecule has 1 aromatic heterocycles. The van der Waals surface area contributed by atoms with E-state index in [0.717, 1.165) is 0 Å². The Morgan fingerprint density at radius 2 is 2.07 bits per heavy atom. The van der Waals surface area contributed by atoms with Crippen LogP contribution in [0.25, 0.3) is 0 Å². The van der Waals surface area contributed by atoms with Crippen LogP contribution in [0.5, 0.6) is 11.8 Å². The van der Waals surface area contributed by atoms with E-state index in [4.69, 9.17) is 10.8 Å². The Morgan fingerprint density at radius 3 is 2.80 bits per heavy atom. The first kappa shape index (κ1) is 8.01. The van der Waals surface area contributed by atoms with Gasteiger partial charge in [0.05, 0.1) is 19.3 Å². The molecular weight excluding hydrogens is 198 g/mol. The second-order valence-corrected chi connectivity index (χ2v) is 3.80. The number of hydrogen-bond acceptors (Lipinski definition) is 4. The summed E-state index contributed by atoms with van der Waals surface area (Å²) in [4.78, 5) is 0. The van der Waals surface area contributed by atoms with Gasteiger partial charge in [-0.25, -0.2) is 0 Å². The molecule has 3 heterocycles. The van der Waals surface area contributed by atoms with Gasteiger partial charge < -0.3 is 19.7 Å². The molecule has 3 atom stereocenters. The second-order valence-electron chi connectivity index (χ2n) is 3.80. The number of fused-ring (bicyclic) bond motifs is 1. The minimum Gasteiger partial charge on any atom is -0.494 e. The molecule has 82 valence electrons. The predicted octanol–water partition coefficient (Wildman–Crippen LogP) is 0.833. The highest BCUT2D eigenvalue weighted by molar-refractivity contribution is 5.25. The van der Waals surface area contributed by atoms with Crippen molar-refractivity contribution in [3.8, 4) is 11.8 Å². The number of hydrogen-bond donors (Lipinski definition) is 2. The van der Waals surface area contributed by atoms with E-state index in [9.17, 15) is 10.2 Å². The van der Waals surface area contributed by atoms with Gasteiger partial charge in [-0.15, -0.1) is 0 Å². The van der Waals surface area contributed by atoms with Gasteiger partial charge in [0.15, 0.2) is 18.1 Å². The monoisotopic (exact) mass is 212 g/mol. The molecule has 2 fully saturated rings. The molecule has 5 heteroatoms. The maximum atomic E-state index is 9.65.